The first-order valence-electron chi connectivity index (χ1n) is 12.3. The number of aliphatic hydroxyl groups excluding tert-OH is 1. The number of rotatable bonds is 10. The van der Waals surface area contributed by atoms with Crippen molar-refractivity contribution in [3.63, 3.8) is 0 Å². The van der Waals surface area contributed by atoms with Gasteiger partial charge < -0.3 is 19.9 Å². The van der Waals surface area contributed by atoms with Crippen LogP contribution in [0.2, 0.25) is 0 Å². The molecule has 190 valence electrons. The predicted molar refractivity (Wildman–Crippen MR) is 137 cm³/mol. The van der Waals surface area contributed by atoms with Crippen molar-refractivity contribution < 1.29 is 19.4 Å². The van der Waals surface area contributed by atoms with Crippen LogP contribution >= 0.6 is 0 Å². The number of amides is 1. The van der Waals surface area contributed by atoms with Gasteiger partial charge in [0.25, 0.3) is 11.5 Å². The number of aromatic nitrogens is 2. The molecule has 0 saturated carbocycles. The number of carbonyl (C=O) groups excluding carboxylic acids is 1. The molecule has 1 aliphatic rings. The fraction of sp³-hybridized carbons (Fsp3) is 0.357. The van der Waals surface area contributed by atoms with Gasteiger partial charge in [0.1, 0.15) is 0 Å². The van der Waals surface area contributed by atoms with Gasteiger partial charge >= 0.3 is 0 Å². The van der Waals surface area contributed by atoms with E-state index in [1.165, 1.54) is 0 Å². The molecule has 8 heteroatoms. The van der Waals surface area contributed by atoms with Crippen LogP contribution in [0, 0.1) is 6.92 Å². The minimum Gasteiger partial charge on any atom is -0.459 e. The van der Waals surface area contributed by atoms with E-state index < -0.39 is 6.29 Å². The maximum atomic E-state index is 13.6. The summed E-state index contributed by atoms with van der Waals surface area (Å²) in [7, 11) is 1.85. The average molecular weight is 492 g/mol. The summed E-state index contributed by atoms with van der Waals surface area (Å²) in [5.74, 6) is -0.574. The van der Waals surface area contributed by atoms with Gasteiger partial charge in [0.05, 0.1) is 12.3 Å². The Morgan fingerprint density at radius 2 is 1.81 bits per heavy atom. The highest BCUT2D eigenvalue weighted by Crippen LogP contribution is 2.32. The monoisotopic (exact) mass is 491 g/mol. The van der Waals surface area contributed by atoms with E-state index in [1.54, 1.807) is 10.8 Å². The normalized spacial score (nSPS) is 17.4. The lowest BCUT2D eigenvalue weighted by molar-refractivity contribution is -0.146. The number of benzene rings is 2. The Hall–Kier alpha value is -3.62. The zero-order valence-electron chi connectivity index (χ0n) is 20.7. The zero-order valence-corrected chi connectivity index (χ0v) is 20.7. The molecule has 0 unspecified atom stereocenters. The van der Waals surface area contributed by atoms with Crippen LogP contribution < -0.4 is 10.9 Å². The molecule has 0 aliphatic carbocycles. The van der Waals surface area contributed by atoms with Crippen molar-refractivity contribution in [3.05, 3.63) is 99.7 Å². The second kappa shape index (κ2) is 11.9. The molecule has 0 fully saturated rings. The number of allylic oxidation sites excluding steroid dienone is 1. The first kappa shape index (κ1) is 25.5. The van der Waals surface area contributed by atoms with Gasteiger partial charge in [-0.25, -0.2) is 4.68 Å². The summed E-state index contributed by atoms with van der Waals surface area (Å²) in [6, 6.07) is 19.1. The molecule has 8 nitrogen and oxygen atoms in total. The van der Waals surface area contributed by atoms with Crippen molar-refractivity contribution in [2.75, 3.05) is 13.2 Å². The van der Waals surface area contributed by atoms with Gasteiger partial charge in [0.2, 0.25) is 6.29 Å². The summed E-state index contributed by atoms with van der Waals surface area (Å²) in [6.07, 6.45) is 2.75. The van der Waals surface area contributed by atoms with Crippen molar-refractivity contribution in [2.45, 2.75) is 44.9 Å². The highest BCUT2D eigenvalue weighted by atomic mass is 16.7. The number of nitrogens with one attached hydrogen (secondary N) is 1. The van der Waals surface area contributed by atoms with Crippen molar-refractivity contribution in [2.24, 2.45) is 7.05 Å². The summed E-state index contributed by atoms with van der Waals surface area (Å²) in [5.41, 5.74) is 3.04. The maximum absolute atomic E-state index is 13.6. The molecule has 0 bridgehead atoms. The smallest absolute Gasteiger partial charge is 0.286 e. The Morgan fingerprint density at radius 3 is 2.50 bits per heavy atom. The highest BCUT2D eigenvalue weighted by Gasteiger charge is 2.32. The number of para-hydroxylation sites is 1. The van der Waals surface area contributed by atoms with Gasteiger partial charge in [-0.05, 0) is 43.5 Å². The predicted octanol–water partition coefficient (Wildman–Crippen LogP) is 3.30. The molecule has 2 heterocycles. The van der Waals surface area contributed by atoms with Crippen LogP contribution in [0.15, 0.2) is 77.3 Å². The van der Waals surface area contributed by atoms with E-state index in [1.807, 2.05) is 79.3 Å². The molecule has 4 rings (SSSR count). The van der Waals surface area contributed by atoms with Crippen LogP contribution in [0.3, 0.4) is 0 Å². The fourth-order valence-corrected chi connectivity index (χ4v) is 4.43. The lowest BCUT2D eigenvalue weighted by atomic mass is 9.93. The van der Waals surface area contributed by atoms with Gasteiger partial charge in [-0.3, -0.25) is 14.3 Å². The standard InChI is InChI=1S/C28H33N3O5/c1-20-26(28(34)31(30(20)2)23-13-7-4-8-14-23)22-17-24(36-25(18-22)35-16-10-9-15-32)27(33)29-19-21-11-5-3-6-12-21/h3-8,11-14,17,22,25,32H,9-10,15-16,18-19H2,1-2H3,(H,29,33)/t22-,25+/m0/s1. The molecule has 2 aromatic carbocycles. The van der Waals surface area contributed by atoms with E-state index in [0.717, 1.165) is 16.9 Å². The number of aliphatic hydroxyl groups is 1. The molecule has 0 saturated heterocycles. The molecule has 2 atom stereocenters. The molecular weight excluding hydrogens is 458 g/mol. The number of nitrogens with zero attached hydrogens (tertiary/aromatic N) is 2. The van der Waals surface area contributed by atoms with Gasteiger partial charge in [-0.1, -0.05) is 48.5 Å². The Morgan fingerprint density at radius 1 is 1.11 bits per heavy atom. The van der Waals surface area contributed by atoms with Crippen LogP contribution in [0.1, 0.15) is 42.0 Å². The molecule has 36 heavy (non-hydrogen) atoms. The van der Waals surface area contributed by atoms with Crippen LogP contribution in [0.25, 0.3) is 5.69 Å². The molecule has 0 spiro atoms. The Balaban J connectivity index is 1.62. The van der Waals surface area contributed by atoms with Gasteiger partial charge in [-0.15, -0.1) is 0 Å². The van der Waals surface area contributed by atoms with Crippen molar-refractivity contribution >= 4 is 5.91 Å². The SMILES string of the molecule is Cc1c([C@H]2C=C(C(=O)NCc3ccccc3)O[C@@H](OCCCCO)C2)c(=O)n(-c2ccccc2)n1C. The maximum Gasteiger partial charge on any atom is 0.286 e. The number of hydrogen-bond donors (Lipinski definition) is 2. The summed E-state index contributed by atoms with van der Waals surface area (Å²) >= 11 is 0. The second-order valence-electron chi connectivity index (χ2n) is 8.87. The van der Waals surface area contributed by atoms with Crippen molar-refractivity contribution in [1.82, 2.24) is 14.7 Å². The van der Waals surface area contributed by atoms with E-state index >= 15 is 0 Å². The number of carbonyl (C=O) groups is 1. The largest absolute Gasteiger partial charge is 0.459 e. The van der Waals surface area contributed by atoms with Crippen LogP contribution in [0.5, 0.6) is 0 Å². The van der Waals surface area contributed by atoms with E-state index in [-0.39, 0.29) is 29.8 Å². The third-order valence-corrected chi connectivity index (χ3v) is 6.40. The molecule has 1 aromatic heterocycles. The third-order valence-electron chi connectivity index (χ3n) is 6.40. The number of unbranched alkanes of at least 4 members (excludes halogenated alkanes) is 1. The Kier molecular flexibility index (Phi) is 8.40. The molecule has 1 amide bonds. The zero-order chi connectivity index (χ0) is 25.5. The first-order valence-corrected chi connectivity index (χ1v) is 12.3. The van der Waals surface area contributed by atoms with E-state index in [2.05, 4.69) is 5.32 Å². The minimum atomic E-state index is -0.680. The Labute approximate surface area is 210 Å². The second-order valence-corrected chi connectivity index (χ2v) is 8.87. The van der Waals surface area contributed by atoms with Gasteiger partial charge in [0.15, 0.2) is 5.76 Å². The molecule has 2 N–H and O–H groups in total. The number of hydrogen-bond acceptors (Lipinski definition) is 5. The van der Waals surface area contributed by atoms with Crippen LogP contribution in [-0.4, -0.2) is 39.9 Å². The number of ether oxygens (including phenoxy) is 2. The van der Waals surface area contributed by atoms with E-state index in [0.29, 0.717) is 38.0 Å². The quantitative estimate of drug-likeness (QED) is 0.425. The fourth-order valence-electron chi connectivity index (χ4n) is 4.43. The van der Waals surface area contributed by atoms with E-state index in [4.69, 9.17) is 14.6 Å². The molecular formula is C28H33N3O5. The molecule has 0 radical (unpaired) electrons. The molecule has 1 aliphatic heterocycles. The summed E-state index contributed by atoms with van der Waals surface area (Å²) in [6.45, 7) is 2.75. The van der Waals surface area contributed by atoms with Crippen molar-refractivity contribution in [1.29, 1.82) is 0 Å². The summed E-state index contributed by atoms with van der Waals surface area (Å²) < 4.78 is 15.3. The topological polar surface area (TPSA) is 94.7 Å². The summed E-state index contributed by atoms with van der Waals surface area (Å²) in [4.78, 5) is 26.7. The van der Waals surface area contributed by atoms with Crippen molar-refractivity contribution in [3.8, 4) is 5.69 Å². The lowest BCUT2D eigenvalue weighted by Gasteiger charge is -2.29. The van der Waals surface area contributed by atoms with Gasteiger partial charge in [0, 0.05) is 43.8 Å². The molecule has 3 aromatic rings. The van der Waals surface area contributed by atoms with E-state index in [9.17, 15) is 9.59 Å². The average Bonchev–Trinajstić information content (AvgIpc) is 3.13. The summed E-state index contributed by atoms with van der Waals surface area (Å²) in [5, 5.41) is 12.0. The van der Waals surface area contributed by atoms with Crippen LogP contribution in [0.4, 0.5) is 0 Å². The Bertz CT molecular complexity index is 1250. The van der Waals surface area contributed by atoms with Crippen LogP contribution in [-0.2, 0) is 27.9 Å². The minimum absolute atomic E-state index is 0.0901. The first-order chi connectivity index (χ1) is 17.5. The third kappa shape index (κ3) is 5.78. The lowest BCUT2D eigenvalue weighted by Crippen LogP contribution is -2.34. The van der Waals surface area contributed by atoms with Gasteiger partial charge in [-0.2, -0.15) is 0 Å². The highest BCUT2D eigenvalue weighted by molar-refractivity contribution is 5.91.